The molecule has 0 fully saturated rings. The van der Waals surface area contributed by atoms with Crippen LogP contribution in [0.4, 0.5) is 10.6 Å². The zero-order chi connectivity index (χ0) is 26.7. The van der Waals surface area contributed by atoms with Crippen molar-refractivity contribution in [2.75, 3.05) is 18.5 Å². The van der Waals surface area contributed by atoms with Crippen molar-refractivity contribution in [3.8, 4) is 0 Å². The molecule has 0 bridgehead atoms. The zero-order valence-corrected chi connectivity index (χ0v) is 22.8. The first-order valence-corrected chi connectivity index (χ1v) is 12.4. The lowest BCUT2D eigenvalue weighted by molar-refractivity contribution is -0.0380. The van der Waals surface area contributed by atoms with E-state index in [9.17, 15) is 9.90 Å². The highest BCUT2D eigenvalue weighted by Crippen LogP contribution is 2.32. The molecule has 0 aliphatic carbocycles. The van der Waals surface area contributed by atoms with Crippen molar-refractivity contribution in [1.29, 1.82) is 0 Å². The maximum atomic E-state index is 12.9. The molecule has 9 nitrogen and oxygen atoms in total. The van der Waals surface area contributed by atoms with Gasteiger partial charge in [0.1, 0.15) is 23.5 Å². The number of para-hydroxylation sites is 1. The lowest BCUT2D eigenvalue weighted by Crippen LogP contribution is -2.33. The van der Waals surface area contributed by atoms with Gasteiger partial charge in [0.15, 0.2) is 5.82 Å². The summed E-state index contributed by atoms with van der Waals surface area (Å²) in [7, 11) is 0. The number of rotatable bonds is 10. The van der Waals surface area contributed by atoms with E-state index in [0.29, 0.717) is 48.9 Å². The quantitative estimate of drug-likeness (QED) is 0.382. The van der Waals surface area contributed by atoms with E-state index in [1.165, 1.54) is 0 Å². The highest BCUT2D eigenvalue weighted by Gasteiger charge is 2.27. The third kappa shape index (κ3) is 7.38. The van der Waals surface area contributed by atoms with Crippen molar-refractivity contribution in [1.82, 2.24) is 14.5 Å². The van der Waals surface area contributed by atoms with Gasteiger partial charge in [0, 0.05) is 18.4 Å². The number of nitrogens with one attached hydrogen (secondary N) is 1. The first-order valence-electron chi connectivity index (χ1n) is 12.4. The van der Waals surface area contributed by atoms with Gasteiger partial charge in [-0.25, -0.2) is 14.8 Å². The molecule has 0 saturated heterocycles. The SMILES string of the molecule is CCOCc1nc2c(NC(=O)OC(C)(C)CCOC(C)(C)C)nc3ccccc3c2n1CC(C)(C)O. The molecular weight excluding hydrogens is 460 g/mol. The van der Waals surface area contributed by atoms with E-state index in [1.807, 2.05) is 70.4 Å². The van der Waals surface area contributed by atoms with Crippen LogP contribution in [0.3, 0.4) is 0 Å². The number of carbonyl (C=O) groups is 1. The van der Waals surface area contributed by atoms with Crippen LogP contribution in [0.2, 0.25) is 0 Å². The monoisotopic (exact) mass is 500 g/mol. The number of aliphatic hydroxyl groups is 1. The summed E-state index contributed by atoms with van der Waals surface area (Å²) >= 11 is 0. The van der Waals surface area contributed by atoms with Crippen molar-refractivity contribution >= 4 is 33.8 Å². The minimum Gasteiger partial charge on any atom is -0.443 e. The number of hydrogen-bond acceptors (Lipinski definition) is 7. The average molecular weight is 501 g/mol. The smallest absolute Gasteiger partial charge is 0.413 e. The van der Waals surface area contributed by atoms with E-state index in [1.54, 1.807) is 13.8 Å². The second kappa shape index (κ2) is 10.7. The number of ether oxygens (including phenoxy) is 3. The Hall–Kier alpha value is -2.75. The Labute approximate surface area is 213 Å². The topological polar surface area (TPSA) is 108 Å². The Morgan fingerprint density at radius 3 is 2.42 bits per heavy atom. The largest absolute Gasteiger partial charge is 0.443 e. The van der Waals surface area contributed by atoms with Crippen molar-refractivity contribution in [2.45, 2.75) is 91.8 Å². The molecule has 1 amide bonds. The summed E-state index contributed by atoms with van der Waals surface area (Å²) in [5, 5.41) is 14.3. The van der Waals surface area contributed by atoms with Gasteiger partial charge in [-0.3, -0.25) is 5.32 Å². The Kier molecular flexibility index (Phi) is 8.27. The highest BCUT2D eigenvalue weighted by molar-refractivity contribution is 6.09. The molecule has 198 valence electrons. The van der Waals surface area contributed by atoms with Crippen LogP contribution < -0.4 is 5.32 Å². The average Bonchev–Trinajstić information content (AvgIpc) is 3.07. The fourth-order valence-corrected chi connectivity index (χ4v) is 3.86. The summed E-state index contributed by atoms with van der Waals surface area (Å²) in [6.07, 6.45) is -0.0833. The third-order valence-corrected chi connectivity index (χ3v) is 5.47. The van der Waals surface area contributed by atoms with Crippen LogP contribution in [-0.2, 0) is 27.4 Å². The summed E-state index contributed by atoms with van der Waals surface area (Å²) in [4.78, 5) is 22.4. The summed E-state index contributed by atoms with van der Waals surface area (Å²) in [5.74, 6) is 0.936. The van der Waals surface area contributed by atoms with E-state index < -0.39 is 17.3 Å². The number of carbonyl (C=O) groups excluding carboxylic acids is 1. The van der Waals surface area contributed by atoms with Gasteiger partial charge in [0.05, 0.1) is 35.4 Å². The molecule has 0 radical (unpaired) electrons. The number of imidazole rings is 1. The number of hydrogen-bond donors (Lipinski definition) is 2. The van der Waals surface area contributed by atoms with E-state index in [-0.39, 0.29) is 12.2 Å². The van der Waals surface area contributed by atoms with Gasteiger partial charge in [-0.05, 0) is 61.5 Å². The molecule has 2 aromatic heterocycles. The van der Waals surface area contributed by atoms with Crippen molar-refractivity contribution in [3.05, 3.63) is 30.1 Å². The lowest BCUT2D eigenvalue weighted by atomic mass is 10.1. The molecule has 0 atom stereocenters. The summed E-state index contributed by atoms with van der Waals surface area (Å²) in [5.41, 5.74) is -0.0294. The van der Waals surface area contributed by atoms with Crippen LogP contribution in [0.25, 0.3) is 21.9 Å². The highest BCUT2D eigenvalue weighted by atomic mass is 16.6. The molecule has 0 aliphatic rings. The fourth-order valence-electron chi connectivity index (χ4n) is 3.86. The maximum absolute atomic E-state index is 12.9. The van der Waals surface area contributed by atoms with E-state index in [2.05, 4.69) is 10.3 Å². The van der Waals surface area contributed by atoms with Crippen molar-refractivity contribution in [2.24, 2.45) is 0 Å². The third-order valence-electron chi connectivity index (χ3n) is 5.47. The molecule has 0 unspecified atom stereocenters. The molecule has 9 heteroatoms. The molecule has 1 aromatic carbocycles. The van der Waals surface area contributed by atoms with E-state index in [0.717, 1.165) is 10.9 Å². The van der Waals surface area contributed by atoms with Crippen molar-refractivity contribution < 1.29 is 24.1 Å². The normalized spacial score (nSPS) is 12.9. The summed E-state index contributed by atoms with van der Waals surface area (Å²) in [6, 6.07) is 7.65. The first-order chi connectivity index (χ1) is 16.7. The lowest BCUT2D eigenvalue weighted by Gasteiger charge is -2.27. The summed E-state index contributed by atoms with van der Waals surface area (Å²) < 4.78 is 19.1. The number of fused-ring (bicyclic) bond motifs is 3. The molecule has 2 heterocycles. The second-order valence-electron chi connectivity index (χ2n) is 11.2. The molecule has 0 aliphatic heterocycles. The van der Waals surface area contributed by atoms with Gasteiger partial charge in [0.2, 0.25) is 0 Å². The van der Waals surface area contributed by atoms with Crippen molar-refractivity contribution in [3.63, 3.8) is 0 Å². The Bertz CT molecular complexity index is 1200. The van der Waals surface area contributed by atoms with Gasteiger partial charge >= 0.3 is 6.09 Å². The van der Waals surface area contributed by atoms with Gasteiger partial charge in [-0.1, -0.05) is 18.2 Å². The second-order valence-corrected chi connectivity index (χ2v) is 11.2. The molecule has 3 rings (SSSR count). The standard InChI is InChI=1S/C27H40N4O5/c1-9-34-16-20-29-21-22(31(20)17-26(5,6)33)18-12-10-11-13-19(18)28-23(21)30-24(32)36-27(7,8)14-15-35-25(2,3)4/h10-13,33H,9,14-17H2,1-8H3,(H,28,30,32). The maximum Gasteiger partial charge on any atom is 0.413 e. The van der Waals surface area contributed by atoms with Crippen LogP contribution in [0.15, 0.2) is 24.3 Å². The zero-order valence-electron chi connectivity index (χ0n) is 22.8. The summed E-state index contributed by atoms with van der Waals surface area (Å²) in [6.45, 7) is 16.6. The molecule has 3 aromatic rings. The molecule has 36 heavy (non-hydrogen) atoms. The van der Waals surface area contributed by atoms with Crippen LogP contribution in [0, 0.1) is 0 Å². The van der Waals surface area contributed by atoms with Crippen LogP contribution >= 0.6 is 0 Å². The molecule has 2 N–H and O–H groups in total. The number of benzene rings is 1. The van der Waals surface area contributed by atoms with Crippen LogP contribution in [0.5, 0.6) is 0 Å². The molecular formula is C27H40N4O5. The number of pyridine rings is 1. The predicted octanol–water partition coefficient (Wildman–Crippen LogP) is 5.42. The molecule has 0 spiro atoms. The number of nitrogens with zero attached hydrogens (tertiary/aromatic N) is 3. The number of aromatic nitrogens is 3. The van der Waals surface area contributed by atoms with Crippen LogP contribution in [0.1, 0.15) is 67.6 Å². The van der Waals surface area contributed by atoms with Gasteiger partial charge < -0.3 is 23.9 Å². The number of amides is 1. The minimum absolute atomic E-state index is 0.264. The molecule has 0 saturated carbocycles. The number of anilines is 1. The first kappa shape index (κ1) is 27.8. The van der Waals surface area contributed by atoms with Gasteiger partial charge in [-0.2, -0.15) is 0 Å². The predicted molar refractivity (Wildman–Crippen MR) is 141 cm³/mol. The van der Waals surface area contributed by atoms with Gasteiger partial charge in [-0.15, -0.1) is 0 Å². The van der Waals surface area contributed by atoms with Gasteiger partial charge in [0.25, 0.3) is 0 Å². The Balaban J connectivity index is 1.98. The Morgan fingerprint density at radius 1 is 1.08 bits per heavy atom. The van der Waals surface area contributed by atoms with E-state index >= 15 is 0 Å². The van der Waals surface area contributed by atoms with E-state index in [4.69, 9.17) is 19.2 Å². The van der Waals surface area contributed by atoms with Crippen LogP contribution in [-0.4, -0.2) is 55.8 Å². The Morgan fingerprint density at radius 2 is 1.78 bits per heavy atom. The fraction of sp³-hybridized carbons (Fsp3) is 0.593. The minimum atomic E-state index is -0.995.